The van der Waals surface area contributed by atoms with Crippen LogP contribution in [0.15, 0.2) is 0 Å². The predicted molar refractivity (Wildman–Crippen MR) is 65.9 cm³/mol. The van der Waals surface area contributed by atoms with Gasteiger partial charge in [0.2, 0.25) is 0 Å². The van der Waals surface area contributed by atoms with Gasteiger partial charge in [-0.25, -0.2) is 0 Å². The maximum Gasteiger partial charge on any atom is 0.251 e. The van der Waals surface area contributed by atoms with Crippen LogP contribution in [-0.4, -0.2) is 16.8 Å². The molecule has 1 rings (SSSR count). The van der Waals surface area contributed by atoms with Crippen molar-refractivity contribution in [2.45, 2.75) is 46.5 Å². The Kier molecular flexibility index (Phi) is 5.41. The molecule has 4 nitrogen and oxygen atoms in total. The van der Waals surface area contributed by atoms with Gasteiger partial charge < -0.3 is 4.74 Å². The number of nitriles is 1. The van der Waals surface area contributed by atoms with Gasteiger partial charge in [0.25, 0.3) is 5.88 Å². The zero-order valence-corrected chi connectivity index (χ0v) is 10.8. The Hall–Kier alpha value is -1.63. The second kappa shape index (κ2) is 6.85. The van der Waals surface area contributed by atoms with Gasteiger partial charge in [-0.15, -0.1) is 5.10 Å². The number of nitrogens with zero attached hydrogens (tertiary/aromatic N) is 3. The van der Waals surface area contributed by atoms with E-state index in [1.807, 2.05) is 13.8 Å². The smallest absolute Gasteiger partial charge is 0.251 e. The fourth-order valence-electron chi connectivity index (χ4n) is 1.52. The normalized spacial score (nSPS) is 10.0. The molecule has 0 unspecified atom stereocenters. The molecule has 92 valence electrons. The maximum atomic E-state index is 9.07. The molecule has 0 amide bonds. The Bertz CT molecular complexity index is 410. The highest BCUT2D eigenvalue weighted by molar-refractivity contribution is 5.44. The van der Waals surface area contributed by atoms with Crippen molar-refractivity contribution < 1.29 is 4.74 Å². The Morgan fingerprint density at radius 2 is 1.94 bits per heavy atom. The molecular formula is C13H19N3O. The summed E-state index contributed by atoms with van der Waals surface area (Å²) in [6.07, 6.45) is 4.56. The molecule has 0 bridgehead atoms. The van der Waals surface area contributed by atoms with Crippen LogP contribution >= 0.6 is 0 Å². The van der Waals surface area contributed by atoms with Crippen LogP contribution in [-0.2, 0) is 0 Å². The summed E-state index contributed by atoms with van der Waals surface area (Å²) in [5.41, 5.74) is 2.14. The first-order chi connectivity index (χ1) is 8.20. The minimum Gasteiger partial charge on any atom is -0.476 e. The van der Waals surface area contributed by atoms with Crippen molar-refractivity contribution in [3.8, 4) is 11.9 Å². The molecule has 0 saturated heterocycles. The lowest BCUT2D eigenvalue weighted by Crippen LogP contribution is -2.05. The van der Waals surface area contributed by atoms with Gasteiger partial charge in [-0.2, -0.15) is 10.4 Å². The van der Waals surface area contributed by atoms with Crippen LogP contribution in [0, 0.1) is 25.2 Å². The van der Waals surface area contributed by atoms with Crippen LogP contribution in [0.2, 0.25) is 0 Å². The fraction of sp³-hybridized carbons (Fsp3) is 0.615. The summed E-state index contributed by atoms with van der Waals surface area (Å²) in [5.74, 6) is 0.368. The molecule has 0 aromatic carbocycles. The van der Waals surface area contributed by atoms with E-state index in [1.165, 1.54) is 12.8 Å². The lowest BCUT2D eigenvalue weighted by Gasteiger charge is -2.08. The zero-order chi connectivity index (χ0) is 12.7. The standard InChI is InChI=1S/C13H19N3O/c1-4-5-6-7-8-17-13-12(9-14)10(2)11(3)15-16-13/h4-8H2,1-3H3. The van der Waals surface area contributed by atoms with E-state index >= 15 is 0 Å². The van der Waals surface area contributed by atoms with Crippen LogP contribution < -0.4 is 4.74 Å². The zero-order valence-electron chi connectivity index (χ0n) is 10.8. The molecule has 0 fully saturated rings. The summed E-state index contributed by atoms with van der Waals surface area (Å²) in [5, 5.41) is 17.0. The molecule has 0 radical (unpaired) electrons. The molecular weight excluding hydrogens is 214 g/mol. The molecule has 0 N–H and O–H groups in total. The summed E-state index contributed by atoms with van der Waals surface area (Å²) in [4.78, 5) is 0. The first kappa shape index (κ1) is 13.4. The van der Waals surface area contributed by atoms with Crippen molar-refractivity contribution >= 4 is 0 Å². The van der Waals surface area contributed by atoms with E-state index < -0.39 is 0 Å². The first-order valence-corrected chi connectivity index (χ1v) is 6.07. The van der Waals surface area contributed by atoms with E-state index in [9.17, 15) is 0 Å². The third-order valence-electron chi connectivity index (χ3n) is 2.77. The second-order valence-corrected chi connectivity index (χ2v) is 4.11. The van der Waals surface area contributed by atoms with Gasteiger partial charge >= 0.3 is 0 Å². The first-order valence-electron chi connectivity index (χ1n) is 6.07. The molecule has 1 aromatic rings. The average Bonchev–Trinajstić information content (AvgIpc) is 2.33. The van der Waals surface area contributed by atoms with E-state index in [-0.39, 0.29) is 0 Å². The number of aryl methyl sites for hydroxylation is 1. The van der Waals surface area contributed by atoms with Gasteiger partial charge in [0.1, 0.15) is 11.6 Å². The highest BCUT2D eigenvalue weighted by atomic mass is 16.5. The van der Waals surface area contributed by atoms with Gasteiger partial charge in [-0.05, 0) is 25.8 Å². The molecule has 0 aliphatic carbocycles. The SMILES string of the molecule is CCCCCCOc1nnc(C)c(C)c1C#N. The monoisotopic (exact) mass is 233 g/mol. The van der Waals surface area contributed by atoms with Crippen LogP contribution in [0.4, 0.5) is 0 Å². The molecule has 17 heavy (non-hydrogen) atoms. The van der Waals surface area contributed by atoms with E-state index in [0.717, 1.165) is 24.1 Å². The predicted octanol–water partition coefficient (Wildman–Crippen LogP) is 2.92. The van der Waals surface area contributed by atoms with Crippen molar-refractivity contribution in [2.24, 2.45) is 0 Å². The van der Waals surface area contributed by atoms with Crippen molar-refractivity contribution in [1.29, 1.82) is 5.26 Å². The summed E-state index contributed by atoms with van der Waals surface area (Å²) >= 11 is 0. The van der Waals surface area contributed by atoms with Crippen LogP contribution in [0.25, 0.3) is 0 Å². The van der Waals surface area contributed by atoms with Gasteiger partial charge in [0.15, 0.2) is 0 Å². The summed E-state index contributed by atoms with van der Waals surface area (Å²) in [7, 11) is 0. The van der Waals surface area contributed by atoms with Crippen LogP contribution in [0.3, 0.4) is 0 Å². The fourth-order valence-corrected chi connectivity index (χ4v) is 1.52. The minimum absolute atomic E-state index is 0.368. The van der Waals surface area contributed by atoms with E-state index in [0.29, 0.717) is 18.1 Å². The quantitative estimate of drug-likeness (QED) is 0.709. The van der Waals surface area contributed by atoms with Crippen molar-refractivity contribution in [2.75, 3.05) is 6.61 Å². The van der Waals surface area contributed by atoms with Gasteiger partial charge in [0, 0.05) is 0 Å². The molecule has 0 aliphatic rings. The summed E-state index contributed by atoms with van der Waals surface area (Å²) in [6.45, 7) is 6.48. The number of hydrogen-bond acceptors (Lipinski definition) is 4. The molecule has 0 atom stereocenters. The number of rotatable bonds is 6. The van der Waals surface area contributed by atoms with E-state index in [1.54, 1.807) is 0 Å². The third kappa shape index (κ3) is 3.70. The lowest BCUT2D eigenvalue weighted by molar-refractivity contribution is 0.289. The highest BCUT2D eigenvalue weighted by Gasteiger charge is 2.11. The third-order valence-corrected chi connectivity index (χ3v) is 2.77. The van der Waals surface area contributed by atoms with Crippen molar-refractivity contribution in [3.05, 3.63) is 16.8 Å². The van der Waals surface area contributed by atoms with E-state index in [2.05, 4.69) is 23.2 Å². The molecule has 0 spiro atoms. The lowest BCUT2D eigenvalue weighted by atomic mass is 10.1. The number of hydrogen-bond donors (Lipinski definition) is 0. The number of unbranched alkanes of at least 4 members (excludes halogenated alkanes) is 3. The maximum absolute atomic E-state index is 9.07. The van der Waals surface area contributed by atoms with E-state index in [4.69, 9.17) is 10.00 Å². The Morgan fingerprint density at radius 3 is 2.59 bits per heavy atom. The molecule has 1 heterocycles. The Morgan fingerprint density at radius 1 is 1.18 bits per heavy atom. The minimum atomic E-state index is 0.368. The Balaban J connectivity index is 2.60. The molecule has 1 aromatic heterocycles. The molecule has 4 heteroatoms. The van der Waals surface area contributed by atoms with Crippen LogP contribution in [0.5, 0.6) is 5.88 Å². The highest BCUT2D eigenvalue weighted by Crippen LogP contribution is 2.19. The molecule has 0 aliphatic heterocycles. The summed E-state index contributed by atoms with van der Waals surface area (Å²) < 4.78 is 5.51. The Labute approximate surface area is 103 Å². The largest absolute Gasteiger partial charge is 0.476 e. The van der Waals surface area contributed by atoms with Crippen molar-refractivity contribution in [1.82, 2.24) is 10.2 Å². The van der Waals surface area contributed by atoms with Gasteiger partial charge in [-0.3, -0.25) is 0 Å². The second-order valence-electron chi connectivity index (χ2n) is 4.11. The topological polar surface area (TPSA) is 58.8 Å². The summed E-state index contributed by atoms with van der Waals surface area (Å²) in [6, 6.07) is 2.13. The van der Waals surface area contributed by atoms with Crippen LogP contribution in [0.1, 0.15) is 49.4 Å². The van der Waals surface area contributed by atoms with Gasteiger partial charge in [0.05, 0.1) is 12.3 Å². The average molecular weight is 233 g/mol. The van der Waals surface area contributed by atoms with Gasteiger partial charge in [-0.1, -0.05) is 26.2 Å². The van der Waals surface area contributed by atoms with Crippen molar-refractivity contribution in [3.63, 3.8) is 0 Å². The number of aromatic nitrogens is 2. The number of ether oxygens (including phenoxy) is 1. The molecule has 0 saturated carbocycles.